The van der Waals surface area contributed by atoms with Crippen molar-refractivity contribution in [3.63, 3.8) is 0 Å². The lowest BCUT2D eigenvalue weighted by Gasteiger charge is -2.06. The molecule has 0 bridgehead atoms. The van der Waals surface area contributed by atoms with Gasteiger partial charge in [0.2, 0.25) is 5.95 Å². The second-order valence-electron chi connectivity index (χ2n) is 7.33. The van der Waals surface area contributed by atoms with Crippen LogP contribution in [0.3, 0.4) is 0 Å². The number of imidazole rings is 1. The Labute approximate surface area is 173 Å². The number of fused-ring (bicyclic) bond motifs is 4. The molecule has 1 aliphatic heterocycles. The van der Waals surface area contributed by atoms with Gasteiger partial charge in [-0.05, 0) is 42.8 Å². The Kier molecular flexibility index (Phi) is 4.24. The van der Waals surface area contributed by atoms with Gasteiger partial charge < -0.3 is 14.9 Å². The van der Waals surface area contributed by atoms with Crippen LogP contribution in [-0.2, 0) is 12.7 Å². The molecule has 0 radical (unpaired) electrons. The molecule has 0 fully saturated rings. The van der Waals surface area contributed by atoms with Crippen LogP contribution in [0.25, 0.3) is 21.9 Å². The van der Waals surface area contributed by atoms with E-state index in [-0.39, 0.29) is 17.4 Å². The quantitative estimate of drug-likeness (QED) is 0.453. The van der Waals surface area contributed by atoms with Crippen molar-refractivity contribution in [1.29, 1.82) is 0 Å². The molecule has 2 amide bonds. The average molecular weight is 427 g/mol. The second-order valence-corrected chi connectivity index (χ2v) is 7.33. The van der Waals surface area contributed by atoms with E-state index in [9.17, 15) is 22.8 Å². The molecule has 0 atom stereocenters. The number of hydrogen-bond acceptors (Lipinski definition) is 3. The maximum absolute atomic E-state index is 12.9. The lowest BCUT2D eigenvalue weighted by molar-refractivity contribution is -0.137. The molecule has 2 aromatic heterocycles. The summed E-state index contributed by atoms with van der Waals surface area (Å²) in [6.45, 7) is 1.23. The summed E-state index contributed by atoms with van der Waals surface area (Å²) in [6, 6.07) is 10.0. The van der Waals surface area contributed by atoms with Crippen molar-refractivity contribution >= 4 is 39.7 Å². The van der Waals surface area contributed by atoms with E-state index in [0.29, 0.717) is 29.9 Å². The van der Waals surface area contributed by atoms with Crippen molar-refractivity contribution in [3.8, 4) is 0 Å². The first-order valence-electron chi connectivity index (χ1n) is 9.59. The Bertz CT molecular complexity index is 1350. The van der Waals surface area contributed by atoms with E-state index in [1.165, 1.54) is 6.07 Å². The second kappa shape index (κ2) is 6.86. The molecule has 0 spiro atoms. The van der Waals surface area contributed by atoms with E-state index >= 15 is 0 Å². The zero-order valence-corrected chi connectivity index (χ0v) is 16.0. The zero-order valence-electron chi connectivity index (χ0n) is 16.0. The molecule has 158 valence electrons. The Hall–Kier alpha value is -3.82. The highest BCUT2D eigenvalue weighted by molar-refractivity contribution is 6.07. The maximum atomic E-state index is 12.9. The van der Waals surface area contributed by atoms with Crippen LogP contribution in [0.4, 0.5) is 19.1 Å². The highest BCUT2D eigenvalue weighted by atomic mass is 19.4. The number of hydrogen-bond donors (Lipinski definition) is 3. The first-order valence-corrected chi connectivity index (χ1v) is 9.59. The molecule has 31 heavy (non-hydrogen) atoms. The number of carbonyl (C=O) groups is 2. The van der Waals surface area contributed by atoms with Gasteiger partial charge in [0.1, 0.15) is 5.69 Å². The van der Waals surface area contributed by atoms with Crippen molar-refractivity contribution in [2.45, 2.75) is 19.1 Å². The summed E-state index contributed by atoms with van der Waals surface area (Å²) in [5.41, 5.74) is 1.31. The van der Waals surface area contributed by atoms with Crippen LogP contribution < -0.4 is 10.6 Å². The number of aryl methyl sites for hydroxylation is 1. The number of carbonyl (C=O) groups excluding carboxylic acids is 2. The molecule has 10 heteroatoms. The van der Waals surface area contributed by atoms with E-state index in [2.05, 4.69) is 20.6 Å². The van der Waals surface area contributed by atoms with Crippen LogP contribution in [0.1, 0.15) is 32.8 Å². The van der Waals surface area contributed by atoms with Gasteiger partial charge in [0.15, 0.2) is 0 Å². The monoisotopic (exact) mass is 427 g/mol. The summed E-state index contributed by atoms with van der Waals surface area (Å²) >= 11 is 0. The topological polar surface area (TPSA) is 91.8 Å². The molecular formula is C21H16F3N5O2. The number of anilines is 1. The van der Waals surface area contributed by atoms with Crippen molar-refractivity contribution in [1.82, 2.24) is 19.9 Å². The summed E-state index contributed by atoms with van der Waals surface area (Å²) in [4.78, 5) is 31.8. The summed E-state index contributed by atoms with van der Waals surface area (Å²) in [7, 11) is 0. The van der Waals surface area contributed by atoms with Gasteiger partial charge in [-0.1, -0.05) is 6.07 Å². The van der Waals surface area contributed by atoms with E-state index in [0.717, 1.165) is 29.5 Å². The van der Waals surface area contributed by atoms with Gasteiger partial charge in [-0.3, -0.25) is 14.9 Å². The van der Waals surface area contributed by atoms with E-state index in [4.69, 9.17) is 0 Å². The summed E-state index contributed by atoms with van der Waals surface area (Å²) < 4.78 is 40.6. The number of aromatic amines is 1. The van der Waals surface area contributed by atoms with E-state index < -0.39 is 17.6 Å². The molecule has 0 saturated carbocycles. The van der Waals surface area contributed by atoms with Crippen molar-refractivity contribution in [2.24, 2.45) is 0 Å². The van der Waals surface area contributed by atoms with Crippen LogP contribution in [0.2, 0.25) is 0 Å². The number of benzene rings is 2. The summed E-state index contributed by atoms with van der Waals surface area (Å²) in [6.07, 6.45) is -3.70. The molecule has 2 aromatic carbocycles. The predicted molar refractivity (Wildman–Crippen MR) is 108 cm³/mol. The molecule has 5 rings (SSSR count). The van der Waals surface area contributed by atoms with Gasteiger partial charge in [0, 0.05) is 29.6 Å². The van der Waals surface area contributed by atoms with Gasteiger partial charge >= 0.3 is 6.18 Å². The number of amides is 2. The SMILES string of the molecule is O=C(Nc1nc2cc(C(F)(F)F)ccc2[nH]1)c1ccc2cc3n(c2c1)CCCNC3=O. The third kappa shape index (κ3) is 3.39. The lowest BCUT2D eigenvalue weighted by Crippen LogP contribution is -2.22. The van der Waals surface area contributed by atoms with Gasteiger partial charge in [-0.15, -0.1) is 0 Å². The fraction of sp³-hybridized carbons (Fsp3) is 0.190. The predicted octanol–water partition coefficient (Wildman–Crippen LogP) is 3.92. The molecule has 7 nitrogen and oxygen atoms in total. The van der Waals surface area contributed by atoms with Crippen LogP contribution >= 0.6 is 0 Å². The zero-order chi connectivity index (χ0) is 21.8. The summed E-state index contributed by atoms with van der Waals surface area (Å²) in [5, 5.41) is 6.26. The highest BCUT2D eigenvalue weighted by Crippen LogP contribution is 2.31. The van der Waals surface area contributed by atoms with Crippen LogP contribution in [0, 0.1) is 0 Å². The minimum Gasteiger partial charge on any atom is -0.351 e. The van der Waals surface area contributed by atoms with Gasteiger partial charge in [0.25, 0.3) is 11.8 Å². The third-order valence-corrected chi connectivity index (χ3v) is 5.29. The third-order valence-electron chi connectivity index (χ3n) is 5.29. The number of halogens is 3. The average Bonchev–Trinajstić information content (AvgIpc) is 3.24. The lowest BCUT2D eigenvalue weighted by atomic mass is 10.1. The van der Waals surface area contributed by atoms with Gasteiger partial charge in [0.05, 0.1) is 16.6 Å². The molecule has 0 aliphatic carbocycles. The maximum Gasteiger partial charge on any atom is 0.416 e. The minimum atomic E-state index is -4.47. The summed E-state index contributed by atoms with van der Waals surface area (Å²) in [5.74, 6) is -0.571. The number of H-pyrrole nitrogens is 1. The highest BCUT2D eigenvalue weighted by Gasteiger charge is 2.30. The van der Waals surface area contributed by atoms with Gasteiger partial charge in [-0.2, -0.15) is 13.2 Å². The molecule has 0 saturated heterocycles. The molecular weight excluding hydrogens is 411 g/mol. The standard InChI is InChI=1S/C21H16F3N5O2/c22-21(23,24)13-4-5-14-15(10-13)27-20(26-14)28-18(30)12-3-2-11-8-17-19(31)25-6-1-7-29(17)16(11)9-12/h2-5,8-10H,1,6-7H2,(H,25,31)(H2,26,27,28,30). The van der Waals surface area contributed by atoms with Gasteiger partial charge in [-0.25, -0.2) is 4.98 Å². The number of alkyl halides is 3. The normalized spacial score (nSPS) is 14.4. The Morgan fingerprint density at radius 2 is 1.97 bits per heavy atom. The Balaban J connectivity index is 1.45. The molecule has 1 aliphatic rings. The Morgan fingerprint density at radius 1 is 1.13 bits per heavy atom. The van der Waals surface area contributed by atoms with Crippen LogP contribution in [0.5, 0.6) is 0 Å². The largest absolute Gasteiger partial charge is 0.416 e. The molecule has 3 heterocycles. The number of aromatic nitrogens is 3. The minimum absolute atomic E-state index is 0.0489. The number of nitrogens with zero attached hydrogens (tertiary/aromatic N) is 2. The van der Waals surface area contributed by atoms with E-state index in [1.807, 2.05) is 4.57 Å². The fourth-order valence-corrected chi connectivity index (χ4v) is 3.78. The van der Waals surface area contributed by atoms with E-state index in [1.54, 1.807) is 24.3 Å². The van der Waals surface area contributed by atoms with Crippen molar-refractivity contribution < 1.29 is 22.8 Å². The van der Waals surface area contributed by atoms with Crippen LogP contribution in [0.15, 0.2) is 42.5 Å². The van der Waals surface area contributed by atoms with Crippen molar-refractivity contribution in [2.75, 3.05) is 11.9 Å². The molecule has 4 aromatic rings. The molecule has 3 N–H and O–H groups in total. The number of rotatable bonds is 2. The number of nitrogens with one attached hydrogen (secondary N) is 3. The fourth-order valence-electron chi connectivity index (χ4n) is 3.78. The first-order chi connectivity index (χ1) is 14.8. The van der Waals surface area contributed by atoms with Crippen LogP contribution in [-0.4, -0.2) is 32.9 Å². The Morgan fingerprint density at radius 3 is 2.77 bits per heavy atom. The molecule has 0 unspecified atom stereocenters. The first kappa shape index (κ1) is 19.2. The smallest absolute Gasteiger partial charge is 0.351 e. The van der Waals surface area contributed by atoms with Crippen molar-refractivity contribution in [3.05, 3.63) is 59.3 Å².